The van der Waals surface area contributed by atoms with Crippen LogP contribution in [0.4, 0.5) is 13.2 Å². The van der Waals surface area contributed by atoms with Crippen molar-refractivity contribution in [1.29, 1.82) is 0 Å². The summed E-state index contributed by atoms with van der Waals surface area (Å²) >= 11 is 0.884. The van der Waals surface area contributed by atoms with E-state index in [0.717, 1.165) is 10.4 Å². The van der Waals surface area contributed by atoms with Gasteiger partial charge in [-0.15, -0.1) is 11.3 Å². The molecule has 34 heavy (non-hydrogen) atoms. The van der Waals surface area contributed by atoms with E-state index in [1.54, 1.807) is 24.1 Å². The highest BCUT2D eigenvalue weighted by Crippen LogP contribution is 2.45. The molecule has 1 aliphatic heterocycles. The molecule has 6 nitrogen and oxygen atoms in total. The third-order valence-electron chi connectivity index (χ3n) is 5.70. The van der Waals surface area contributed by atoms with Crippen LogP contribution >= 0.6 is 23.4 Å². The van der Waals surface area contributed by atoms with Crippen molar-refractivity contribution < 1.29 is 26.9 Å². The maximum Gasteiger partial charge on any atom is 0.479 e. The Morgan fingerprint density at radius 3 is 2.56 bits per heavy atom. The number of hydrogen-bond acceptors (Lipinski definition) is 6. The van der Waals surface area contributed by atoms with Gasteiger partial charge in [0.15, 0.2) is 29.4 Å². The average Bonchev–Trinajstić information content (AvgIpc) is 3.42. The van der Waals surface area contributed by atoms with Crippen LogP contribution < -0.4 is 8.92 Å². The molecule has 0 unspecified atom stereocenters. The van der Waals surface area contributed by atoms with E-state index in [1.165, 1.54) is 18.4 Å². The number of imidazole rings is 1. The summed E-state index contributed by atoms with van der Waals surface area (Å²) in [7, 11) is 3.12. The summed E-state index contributed by atoms with van der Waals surface area (Å²) in [5.74, 6) is 0.238. The van der Waals surface area contributed by atoms with Crippen LogP contribution in [0.15, 0.2) is 29.6 Å². The minimum Gasteiger partial charge on any atom is -0.493 e. The summed E-state index contributed by atoms with van der Waals surface area (Å²) in [5, 5.41) is 1.91. The molecule has 1 aliphatic rings. The predicted octanol–water partition coefficient (Wildman–Crippen LogP) is 6.26. The maximum absolute atomic E-state index is 13.4. The van der Waals surface area contributed by atoms with Crippen LogP contribution in [0.5, 0.6) is 11.5 Å². The highest BCUT2D eigenvalue weighted by atomic mass is 32.2. The van der Waals surface area contributed by atoms with E-state index >= 15 is 0 Å². The minimum absolute atomic E-state index is 0.0463. The van der Waals surface area contributed by atoms with Crippen molar-refractivity contribution in [3.63, 3.8) is 0 Å². The van der Waals surface area contributed by atoms with Gasteiger partial charge in [-0.05, 0) is 56.3 Å². The smallest absolute Gasteiger partial charge is 0.479 e. The monoisotopic (exact) mass is 511 g/mol. The molecule has 1 amide bonds. The second-order valence-corrected chi connectivity index (χ2v) is 10.6. The molecule has 0 atom stereocenters. The number of rotatable bonds is 5. The fraction of sp³-hybridized carbons (Fsp3) is 0.391. The van der Waals surface area contributed by atoms with Gasteiger partial charge in [-0.25, -0.2) is 4.98 Å². The molecule has 0 saturated heterocycles. The highest BCUT2D eigenvalue weighted by molar-refractivity contribution is 7.95. The molecule has 0 fully saturated rings. The fourth-order valence-electron chi connectivity index (χ4n) is 3.72. The SMILES string of the molecule is COc1cc2c(cc1OSC(F)(F)F)-c1c(-c3cccs3)nc(C(=O)N(C)C(C)(C)C)n1CC2. The summed E-state index contributed by atoms with van der Waals surface area (Å²) in [6.45, 7) is 6.32. The Bertz CT molecular complexity index is 1210. The molecule has 4 rings (SSSR count). The number of alkyl halides is 3. The lowest BCUT2D eigenvalue weighted by Gasteiger charge is -2.32. The number of carbonyl (C=O) groups is 1. The number of aromatic nitrogens is 2. The number of ether oxygens (including phenoxy) is 1. The van der Waals surface area contributed by atoms with Crippen molar-refractivity contribution in [3.8, 4) is 33.3 Å². The molecular weight excluding hydrogens is 487 g/mol. The summed E-state index contributed by atoms with van der Waals surface area (Å²) in [6, 6.07) is 7.03. The van der Waals surface area contributed by atoms with Crippen LogP contribution in [-0.2, 0) is 13.0 Å². The largest absolute Gasteiger partial charge is 0.493 e. The Morgan fingerprint density at radius 1 is 1.24 bits per heavy atom. The molecular formula is C23H24F3N3O3S2. The van der Waals surface area contributed by atoms with Gasteiger partial charge in [0.1, 0.15) is 5.69 Å². The van der Waals surface area contributed by atoms with Crippen LogP contribution in [0.3, 0.4) is 0 Å². The van der Waals surface area contributed by atoms with Crippen LogP contribution in [0, 0.1) is 0 Å². The number of thiophene rings is 1. The van der Waals surface area contributed by atoms with E-state index in [2.05, 4.69) is 0 Å². The van der Waals surface area contributed by atoms with Crippen molar-refractivity contribution in [3.05, 3.63) is 41.0 Å². The van der Waals surface area contributed by atoms with Gasteiger partial charge < -0.3 is 18.4 Å². The molecule has 11 heteroatoms. The molecule has 2 aromatic heterocycles. The molecule has 0 aliphatic carbocycles. The van der Waals surface area contributed by atoms with Gasteiger partial charge in [0.25, 0.3) is 5.91 Å². The summed E-state index contributed by atoms with van der Waals surface area (Å²) in [5.41, 5.74) is -2.14. The number of fused-ring (bicyclic) bond motifs is 3. The Balaban J connectivity index is 1.89. The van der Waals surface area contributed by atoms with Crippen molar-refractivity contribution in [1.82, 2.24) is 14.5 Å². The van der Waals surface area contributed by atoms with E-state index in [1.807, 2.05) is 42.9 Å². The standard InChI is InChI=1S/C23H24F3N3O3S2/c1-22(2,3)28(4)21(30)20-27-18(17-7-6-10-33-17)19-14-12-16(32-34-23(24,25)26)15(31-5)11-13(14)8-9-29(19)20/h6-7,10-12H,8-9H2,1-5H3. The van der Waals surface area contributed by atoms with Gasteiger partial charge in [-0.3, -0.25) is 4.79 Å². The number of methoxy groups -OCH3 is 1. The number of aryl methyl sites for hydroxylation is 1. The lowest BCUT2D eigenvalue weighted by Crippen LogP contribution is -2.43. The molecule has 0 N–H and O–H groups in total. The number of amides is 1. The van der Waals surface area contributed by atoms with Crippen molar-refractivity contribution in [2.75, 3.05) is 14.2 Å². The molecule has 3 aromatic rings. The Morgan fingerprint density at radius 2 is 1.97 bits per heavy atom. The van der Waals surface area contributed by atoms with Crippen LogP contribution in [0.1, 0.15) is 37.0 Å². The number of benzene rings is 1. The third-order valence-corrected chi connectivity index (χ3v) is 7.03. The van der Waals surface area contributed by atoms with Crippen molar-refractivity contribution in [2.24, 2.45) is 0 Å². The normalized spacial score (nSPS) is 13.3. The summed E-state index contributed by atoms with van der Waals surface area (Å²) in [4.78, 5) is 20.7. The van der Waals surface area contributed by atoms with E-state index < -0.39 is 23.1 Å². The van der Waals surface area contributed by atoms with Crippen LogP contribution in [-0.4, -0.2) is 45.6 Å². The first-order chi connectivity index (χ1) is 15.9. The first kappa shape index (κ1) is 24.5. The summed E-state index contributed by atoms with van der Waals surface area (Å²) < 4.78 is 50.6. The maximum atomic E-state index is 13.4. The molecule has 0 bridgehead atoms. The Kier molecular flexibility index (Phi) is 6.36. The molecule has 0 radical (unpaired) electrons. The number of carbonyl (C=O) groups excluding carboxylic acids is 1. The summed E-state index contributed by atoms with van der Waals surface area (Å²) in [6.07, 6.45) is 0.561. The zero-order chi connectivity index (χ0) is 24.8. The Labute approximate surface area is 203 Å². The average molecular weight is 512 g/mol. The van der Waals surface area contributed by atoms with Gasteiger partial charge in [-0.1, -0.05) is 6.07 Å². The number of nitrogens with zero attached hydrogens (tertiary/aromatic N) is 3. The van der Waals surface area contributed by atoms with E-state index in [9.17, 15) is 18.0 Å². The van der Waals surface area contributed by atoms with Crippen molar-refractivity contribution in [2.45, 2.75) is 44.8 Å². The van der Waals surface area contributed by atoms with E-state index in [-0.39, 0.29) is 17.4 Å². The van der Waals surface area contributed by atoms with Gasteiger partial charge in [0.2, 0.25) is 0 Å². The first-order valence-electron chi connectivity index (χ1n) is 10.5. The number of halogens is 3. The third kappa shape index (κ3) is 4.63. The molecule has 182 valence electrons. The van der Waals surface area contributed by atoms with Gasteiger partial charge in [0, 0.05) is 24.7 Å². The fourth-order valence-corrected chi connectivity index (χ4v) is 4.75. The minimum atomic E-state index is -4.57. The van der Waals surface area contributed by atoms with Crippen LogP contribution in [0.25, 0.3) is 21.8 Å². The lowest BCUT2D eigenvalue weighted by atomic mass is 9.96. The lowest BCUT2D eigenvalue weighted by molar-refractivity contribution is -0.0370. The molecule has 0 spiro atoms. The zero-order valence-electron chi connectivity index (χ0n) is 19.3. The molecule has 3 heterocycles. The quantitative estimate of drug-likeness (QED) is 0.379. The zero-order valence-corrected chi connectivity index (χ0v) is 21.0. The predicted molar refractivity (Wildman–Crippen MR) is 127 cm³/mol. The highest BCUT2D eigenvalue weighted by Gasteiger charge is 2.35. The van der Waals surface area contributed by atoms with Crippen LogP contribution in [0.2, 0.25) is 0 Å². The van der Waals surface area contributed by atoms with E-state index in [4.69, 9.17) is 13.9 Å². The van der Waals surface area contributed by atoms with Gasteiger partial charge >= 0.3 is 5.51 Å². The second-order valence-electron chi connectivity index (χ2n) is 8.82. The van der Waals surface area contributed by atoms with Crippen molar-refractivity contribution >= 4 is 29.3 Å². The number of hydrogen-bond donors (Lipinski definition) is 0. The van der Waals surface area contributed by atoms with Gasteiger partial charge in [0.05, 0.1) is 17.7 Å². The topological polar surface area (TPSA) is 56.6 Å². The molecule has 1 aromatic carbocycles. The second kappa shape index (κ2) is 8.84. The molecule has 0 saturated carbocycles. The Hall–Kier alpha value is -2.66. The van der Waals surface area contributed by atoms with Gasteiger partial charge in [-0.2, -0.15) is 13.2 Å². The van der Waals surface area contributed by atoms with E-state index in [0.29, 0.717) is 35.7 Å². The first-order valence-corrected chi connectivity index (χ1v) is 12.1.